The van der Waals surface area contributed by atoms with Gasteiger partial charge in [0, 0.05) is 30.6 Å². The topological polar surface area (TPSA) is 119 Å². The number of aromatic carboxylic acids is 1. The van der Waals surface area contributed by atoms with E-state index < -0.39 is 16.0 Å². The Morgan fingerprint density at radius 3 is 2.70 bits per heavy atom. The van der Waals surface area contributed by atoms with E-state index in [-0.39, 0.29) is 34.7 Å². The van der Waals surface area contributed by atoms with Gasteiger partial charge in [-0.3, -0.25) is 0 Å². The summed E-state index contributed by atoms with van der Waals surface area (Å²) in [6, 6.07) is 11.4. The molecule has 1 unspecified atom stereocenters. The molecule has 3 N–H and O–H groups in total. The maximum Gasteiger partial charge on any atom is 0.335 e. The molecule has 6 atom stereocenters. The third-order valence-corrected chi connectivity index (χ3v) is 11.8. The second-order valence-electron chi connectivity index (χ2n) is 13.4. The molecule has 0 aromatic heterocycles. The van der Waals surface area contributed by atoms with E-state index >= 15 is 0 Å². The number of carboxylic acid groups (broad SMARTS) is 1. The van der Waals surface area contributed by atoms with Crippen molar-refractivity contribution >= 4 is 33.3 Å². The maximum atomic E-state index is 12.0. The molecular formula is C34H43ClN2O6S. The number of carboxylic acids is 1. The zero-order valence-electron chi connectivity index (χ0n) is 25.5. The molecule has 0 saturated heterocycles. The van der Waals surface area contributed by atoms with Gasteiger partial charge in [-0.2, -0.15) is 0 Å². The molecule has 1 aliphatic heterocycles. The molecule has 1 spiro atoms. The molecule has 8 nitrogen and oxygen atoms in total. The monoisotopic (exact) mass is 642 g/mol. The minimum Gasteiger partial charge on any atom is -0.490 e. The van der Waals surface area contributed by atoms with Crippen molar-refractivity contribution in [2.24, 2.45) is 28.8 Å². The highest BCUT2D eigenvalue weighted by Gasteiger charge is 2.46. The fraction of sp³-hybridized carbons (Fsp3) is 0.559. The number of methoxy groups -OCH3 is 1. The predicted octanol–water partition coefficient (Wildman–Crippen LogP) is 5.81. The van der Waals surface area contributed by atoms with Gasteiger partial charge in [-0.05, 0) is 109 Å². The second-order valence-corrected chi connectivity index (χ2v) is 15.5. The van der Waals surface area contributed by atoms with Crippen molar-refractivity contribution in [1.29, 1.82) is 0 Å². The predicted molar refractivity (Wildman–Crippen MR) is 172 cm³/mol. The first-order valence-electron chi connectivity index (χ1n) is 15.8. The molecular weight excluding hydrogens is 600 g/mol. The third kappa shape index (κ3) is 6.13. The fourth-order valence-electron chi connectivity index (χ4n) is 8.22. The van der Waals surface area contributed by atoms with E-state index in [9.17, 15) is 18.3 Å². The summed E-state index contributed by atoms with van der Waals surface area (Å²) in [6.07, 6.45) is 8.93. The second kappa shape index (κ2) is 12.3. The van der Waals surface area contributed by atoms with Crippen molar-refractivity contribution in [1.82, 2.24) is 0 Å². The van der Waals surface area contributed by atoms with Gasteiger partial charge in [0.1, 0.15) is 5.75 Å². The van der Waals surface area contributed by atoms with Crippen LogP contribution in [0.2, 0.25) is 5.02 Å². The van der Waals surface area contributed by atoms with Gasteiger partial charge in [0.2, 0.25) is 10.0 Å². The average Bonchev–Trinajstić information content (AvgIpc) is 3.09. The third-order valence-electron chi connectivity index (χ3n) is 10.7. The van der Waals surface area contributed by atoms with Crippen LogP contribution in [0.25, 0.3) is 0 Å². The summed E-state index contributed by atoms with van der Waals surface area (Å²) in [7, 11) is -1.76. The molecule has 1 saturated carbocycles. The molecule has 44 heavy (non-hydrogen) atoms. The highest BCUT2D eigenvalue weighted by molar-refractivity contribution is 7.89. The minimum atomic E-state index is -3.52. The van der Waals surface area contributed by atoms with Gasteiger partial charge in [-0.1, -0.05) is 37.1 Å². The van der Waals surface area contributed by atoms with Crippen LogP contribution in [0.15, 0.2) is 48.0 Å². The van der Waals surface area contributed by atoms with Gasteiger partial charge in [-0.25, -0.2) is 18.4 Å². The molecule has 2 aromatic carbocycles. The molecule has 4 aliphatic rings. The van der Waals surface area contributed by atoms with Crippen molar-refractivity contribution in [3.8, 4) is 5.75 Å². The van der Waals surface area contributed by atoms with Crippen LogP contribution in [0.5, 0.6) is 5.75 Å². The molecule has 0 amide bonds. The number of nitrogens with two attached hydrogens (primary N) is 1. The Morgan fingerprint density at radius 2 is 2.05 bits per heavy atom. The van der Waals surface area contributed by atoms with Crippen LogP contribution in [0, 0.1) is 23.7 Å². The summed E-state index contributed by atoms with van der Waals surface area (Å²) >= 11 is 6.40. The van der Waals surface area contributed by atoms with Crippen LogP contribution in [0.4, 0.5) is 5.69 Å². The highest BCUT2D eigenvalue weighted by atomic mass is 35.5. The van der Waals surface area contributed by atoms with Crippen molar-refractivity contribution in [2.75, 3.05) is 37.5 Å². The molecule has 3 aliphatic carbocycles. The highest BCUT2D eigenvalue weighted by Crippen LogP contribution is 2.49. The van der Waals surface area contributed by atoms with Crippen LogP contribution < -0.4 is 14.8 Å². The lowest BCUT2D eigenvalue weighted by atomic mass is 9.64. The Morgan fingerprint density at radius 1 is 1.25 bits per heavy atom. The lowest BCUT2D eigenvalue weighted by Crippen LogP contribution is -2.50. The number of allylic oxidation sites excluding steroid dienone is 1. The molecule has 1 heterocycles. The molecule has 238 valence electrons. The minimum absolute atomic E-state index is 0.00744. The molecule has 0 radical (unpaired) electrons. The lowest BCUT2D eigenvalue weighted by Gasteiger charge is -2.48. The van der Waals surface area contributed by atoms with Crippen LogP contribution >= 0.6 is 11.6 Å². The number of hydrogen-bond donors (Lipinski definition) is 2. The first-order valence-corrected chi connectivity index (χ1v) is 17.9. The van der Waals surface area contributed by atoms with E-state index in [0.717, 1.165) is 74.5 Å². The number of carbonyl (C=O) groups is 1. The first-order chi connectivity index (χ1) is 21.0. The van der Waals surface area contributed by atoms with Crippen LogP contribution in [-0.2, 0) is 26.6 Å². The van der Waals surface area contributed by atoms with E-state index in [2.05, 4.69) is 23.1 Å². The zero-order chi connectivity index (χ0) is 31.2. The van der Waals surface area contributed by atoms with Crippen LogP contribution in [-0.4, -0.2) is 58.2 Å². The first kappa shape index (κ1) is 31.4. The summed E-state index contributed by atoms with van der Waals surface area (Å²) < 4.78 is 36.1. The van der Waals surface area contributed by atoms with E-state index in [1.54, 1.807) is 25.3 Å². The van der Waals surface area contributed by atoms with E-state index in [1.807, 2.05) is 13.0 Å². The quantitative estimate of drug-likeness (QED) is 0.314. The molecule has 2 aromatic rings. The Balaban J connectivity index is 1.27. The number of ether oxygens (including phenoxy) is 2. The number of rotatable bonds is 10. The normalized spacial score (nSPS) is 27.5. The summed E-state index contributed by atoms with van der Waals surface area (Å²) in [4.78, 5) is 14.4. The Kier molecular flexibility index (Phi) is 8.78. The largest absolute Gasteiger partial charge is 0.490 e. The number of nitrogens with zero attached hydrogens (tertiary/aromatic N) is 1. The standard InChI is InChI=1S/C34H43ClN2O6S/c1-3-21(18-44(36,40)41)25-13-26(14-25)32(42-2)28-9-6-24(28)17-37-19-34(12-4-5-22-15-27(35)8-10-29(22)34)20-43-31-11-7-23(33(38)39)16-30(31)37/h7-8,10-11,13,15-16,21,24-25,28,32H,3-6,9,12,14,17-20H2,1-2H3,(H,38,39)(H2,36,40,41)/t21-,24+,25?,28-,32+,34+/m1/s1. The Labute approximate surface area is 265 Å². The van der Waals surface area contributed by atoms with Gasteiger partial charge in [0.25, 0.3) is 0 Å². The molecule has 10 heteroatoms. The zero-order valence-corrected chi connectivity index (χ0v) is 27.1. The van der Waals surface area contributed by atoms with Crippen molar-refractivity contribution < 1.29 is 27.8 Å². The smallest absolute Gasteiger partial charge is 0.335 e. The van der Waals surface area contributed by atoms with E-state index in [4.69, 9.17) is 26.2 Å². The number of sulfonamides is 1. The number of benzene rings is 2. The fourth-order valence-corrected chi connectivity index (χ4v) is 9.50. The van der Waals surface area contributed by atoms with Crippen LogP contribution in [0.3, 0.4) is 0 Å². The average molecular weight is 643 g/mol. The van der Waals surface area contributed by atoms with E-state index in [0.29, 0.717) is 18.4 Å². The van der Waals surface area contributed by atoms with Gasteiger partial charge < -0.3 is 19.5 Å². The SMILES string of the molecule is CC[C@H](CS(N)(=O)=O)C1C=C([C@H](OC)[C@@H]2CC[C@H]2CN2C[C@@]3(CCCc4cc(Cl)ccc43)COc3ccc(C(=O)O)cc32)C1. The number of hydrogen-bond acceptors (Lipinski definition) is 6. The Bertz CT molecular complexity index is 1560. The molecule has 1 fully saturated rings. The summed E-state index contributed by atoms with van der Waals surface area (Å²) in [5, 5.41) is 15.9. The van der Waals surface area contributed by atoms with Gasteiger partial charge in [-0.15, -0.1) is 0 Å². The van der Waals surface area contributed by atoms with Crippen molar-refractivity contribution in [3.05, 3.63) is 69.8 Å². The van der Waals surface area contributed by atoms with Gasteiger partial charge in [0.15, 0.2) is 0 Å². The van der Waals surface area contributed by atoms with Crippen molar-refractivity contribution in [2.45, 2.75) is 63.4 Å². The molecule has 6 rings (SSSR count). The number of anilines is 1. The Hall–Kier alpha value is -2.59. The summed E-state index contributed by atoms with van der Waals surface area (Å²) in [6.45, 7) is 4.04. The van der Waals surface area contributed by atoms with Gasteiger partial charge in [0.05, 0.1) is 29.7 Å². The summed E-state index contributed by atoms with van der Waals surface area (Å²) in [5.41, 5.74) is 4.65. The lowest BCUT2D eigenvalue weighted by molar-refractivity contribution is -0.000487. The number of halogens is 1. The van der Waals surface area contributed by atoms with Crippen LogP contribution in [0.1, 0.15) is 66.9 Å². The number of fused-ring (bicyclic) bond motifs is 3. The van der Waals surface area contributed by atoms with E-state index in [1.165, 1.54) is 16.7 Å². The van der Waals surface area contributed by atoms with Gasteiger partial charge >= 0.3 is 5.97 Å². The van der Waals surface area contributed by atoms with Crippen molar-refractivity contribution in [3.63, 3.8) is 0 Å². The summed E-state index contributed by atoms with van der Waals surface area (Å²) in [5.74, 6) is 0.679. The number of primary sulfonamides is 1. The maximum absolute atomic E-state index is 12.0. The number of aryl methyl sites for hydroxylation is 1. The molecule has 0 bridgehead atoms.